The second-order valence-corrected chi connectivity index (χ2v) is 11.9. The molecule has 2 aliphatic rings. The summed E-state index contributed by atoms with van der Waals surface area (Å²) < 4.78 is 6.44. The minimum Gasteiger partial charge on any atom is -0.489 e. The number of benzene rings is 3. The lowest BCUT2D eigenvalue weighted by Gasteiger charge is -2.19. The number of hydrogen-bond acceptors (Lipinski definition) is 3. The normalized spacial score (nSPS) is 17.8. The van der Waals surface area contributed by atoms with E-state index >= 15 is 0 Å². The van der Waals surface area contributed by atoms with Crippen molar-refractivity contribution in [3.63, 3.8) is 0 Å². The predicted molar refractivity (Wildman–Crippen MR) is 171 cm³/mol. The molecule has 1 heterocycles. The number of hydrogen-bond donors (Lipinski definition) is 1. The molecule has 4 heteroatoms. The molecule has 1 saturated heterocycles. The van der Waals surface area contributed by atoms with Gasteiger partial charge in [0.05, 0.1) is 0 Å². The van der Waals surface area contributed by atoms with Gasteiger partial charge in [-0.05, 0) is 133 Å². The van der Waals surface area contributed by atoms with Crippen LogP contribution in [0.3, 0.4) is 0 Å². The summed E-state index contributed by atoms with van der Waals surface area (Å²) in [5.74, 6) is 0.974. The van der Waals surface area contributed by atoms with E-state index in [0.29, 0.717) is 0 Å². The number of nitrogens with zero attached hydrogens (tertiary/aromatic N) is 1. The van der Waals surface area contributed by atoms with Gasteiger partial charge in [-0.2, -0.15) is 0 Å². The molecule has 1 fully saturated rings. The summed E-state index contributed by atoms with van der Waals surface area (Å²) in [6, 6.07) is 22.5. The highest BCUT2D eigenvalue weighted by molar-refractivity contribution is 7.16. The molecule has 0 amide bonds. The first-order chi connectivity index (χ1) is 19.1. The summed E-state index contributed by atoms with van der Waals surface area (Å²) in [5, 5.41) is 0. The number of rotatable bonds is 10. The summed E-state index contributed by atoms with van der Waals surface area (Å²) in [6.07, 6.45) is 10.6. The molecule has 39 heavy (non-hydrogen) atoms. The van der Waals surface area contributed by atoms with E-state index in [-0.39, 0.29) is 6.10 Å². The zero-order valence-corrected chi connectivity index (χ0v) is 25.0. The van der Waals surface area contributed by atoms with Gasteiger partial charge in [0.15, 0.2) is 0 Å². The first kappa shape index (κ1) is 27.9. The molecule has 0 saturated carbocycles. The summed E-state index contributed by atoms with van der Waals surface area (Å²) in [4.78, 5) is 2.53. The Morgan fingerprint density at radius 1 is 0.974 bits per heavy atom. The Morgan fingerprint density at radius 2 is 1.79 bits per heavy atom. The molecule has 1 aliphatic heterocycles. The Bertz CT molecular complexity index is 1300. The van der Waals surface area contributed by atoms with Gasteiger partial charge >= 0.3 is 0 Å². The van der Waals surface area contributed by atoms with Gasteiger partial charge in [-0.1, -0.05) is 49.7 Å². The molecule has 2 atom stereocenters. The van der Waals surface area contributed by atoms with Crippen LogP contribution < -0.4 is 10.5 Å². The van der Waals surface area contributed by atoms with Crippen LogP contribution in [-0.2, 0) is 12.8 Å². The maximum absolute atomic E-state index is 6.44. The smallest absolute Gasteiger partial charge is 0.119 e. The van der Waals surface area contributed by atoms with Crippen LogP contribution in [-0.4, -0.2) is 36.8 Å². The maximum atomic E-state index is 6.44. The largest absolute Gasteiger partial charge is 0.489 e. The monoisotopic (exact) mass is 540 g/mol. The van der Waals surface area contributed by atoms with E-state index in [1.54, 1.807) is 0 Å². The SMILES string of the molecule is CCCCc1cc(C2=C(c3ccc(OC4CCN(CCCP)C4)cc3)c3ccc(N)cc3CCC2)ccc1C. The van der Waals surface area contributed by atoms with Gasteiger partial charge in [0, 0.05) is 18.8 Å². The van der Waals surface area contributed by atoms with Crippen molar-refractivity contribution in [2.75, 3.05) is 31.5 Å². The van der Waals surface area contributed by atoms with Crippen LogP contribution in [0.4, 0.5) is 5.69 Å². The lowest BCUT2D eigenvalue weighted by Crippen LogP contribution is -2.26. The topological polar surface area (TPSA) is 38.5 Å². The third kappa shape index (κ3) is 6.76. The molecular formula is C35H45N2OP. The molecule has 3 aromatic rings. The van der Waals surface area contributed by atoms with Crippen molar-refractivity contribution in [2.24, 2.45) is 0 Å². The Balaban J connectivity index is 1.49. The van der Waals surface area contributed by atoms with Crippen LogP contribution in [0.1, 0.15) is 78.8 Å². The molecule has 3 nitrogen and oxygen atoms in total. The van der Waals surface area contributed by atoms with Crippen LogP contribution in [0.2, 0.25) is 0 Å². The quantitative estimate of drug-likeness (QED) is 0.210. The van der Waals surface area contributed by atoms with E-state index < -0.39 is 0 Å². The number of unbranched alkanes of at least 4 members (excludes halogenated alkanes) is 1. The Morgan fingerprint density at radius 3 is 2.59 bits per heavy atom. The second-order valence-electron chi connectivity index (χ2n) is 11.4. The van der Waals surface area contributed by atoms with Crippen molar-refractivity contribution in [1.29, 1.82) is 0 Å². The van der Waals surface area contributed by atoms with Gasteiger partial charge < -0.3 is 10.5 Å². The van der Waals surface area contributed by atoms with Crippen molar-refractivity contribution in [1.82, 2.24) is 4.90 Å². The number of aryl methyl sites for hydroxylation is 3. The summed E-state index contributed by atoms with van der Waals surface area (Å²) >= 11 is 0. The van der Waals surface area contributed by atoms with Gasteiger partial charge in [-0.3, -0.25) is 4.90 Å². The highest BCUT2D eigenvalue weighted by atomic mass is 31.0. The molecule has 0 aromatic heterocycles. The average molecular weight is 541 g/mol. The molecule has 5 rings (SSSR count). The highest BCUT2D eigenvalue weighted by Gasteiger charge is 2.24. The average Bonchev–Trinajstić information content (AvgIpc) is 3.30. The fourth-order valence-corrected chi connectivity index (χ4v) is 6.41. The molecule has 2 unspecified atom stereocenters. The summed E-state index contributed by atoms with van der Waals surface area (Å²) in [6.45, 7) is 7.86. The molecular weight excluding hydrogens is 495 g/mol. The molecule has 2 N–H and O–H groups in total. The molecule has 3 aromatic carbocycles. The predicted octanol–water partition coefficient (Wildman–Crippen LogP) is 7.93. The number of fused-ring (bicyclic) bond motifs is 1. The van der Waals surface area contributed by atoms with Gasteiger partial charge in [0.1, 0.15) is 11.9 Å². The van der Waals surface area contributed by atoms with Crippen molar-refractivity contribution < 1.29 is 4.74 Å². The number of nitrogens with two attached hydrogens (primary N) is 1. The number of likely N-dealkylation sites (tertiary alicyclic amines) is 1. The number of ether oxygens (including phenoxy) is 1. The number of allylic oxidation sites excluding steroid dienone is 1. The molecule has 0 radical (unpaired) electrons. The first-order valence-electron chi connectivity index (χ1n) is 15.0. The summed E-state index contributed by atoms with van der Waals surface area (Å²) in [7, 11) is 2.84. The Hall–Kier alpha value is -2.61. The Kier molecular flexibility index (Phi) is 9.43. The molecule has 206 valence electrons. The fourth-order valence-electron chi connectivity index (χ4n) is 6.23. The highest BCUT2D eigenvalue weighted by Crippen LogP contribution is 2.41. The fraction of sp³-hybridized carbons (Fsp3) is 0.429. The van der Waals surface area contributed by atoms with Gasteiger partial charge in [-0.15, -0.1) is 9.24 Å². The van der Waals surface area contributed by atoms with Crippen molar-refractivity contribution in [2.45, 2.75) is 71.3 Å². The van der Waals surface area contributed by atoms with Crippen LogP contribution in [0.25, 0.3) is 11.1 Å². The third-order valence-electron chi connectivity index (χ3n) is 8.42. The van der Waals surface area contributed by atoms with E-state index in [4.69, 9.17) is 10.5 Å². The van der Waals surface area contributed by atoms with Crippen LogP contribution >= 0.6 is 9.24 Å². The van der Waals surface area contributed by atoms with E-state index in [1.165, 1.54) is 76.5 Å². The van der Waals surface area contributed by atoms with Gasteiger partial charge in [-0.25, -0.2) is 0 Å². The number of anilines is 1. The first-order valence-corrected chi connectivity index (χ1v) is 15.8. The maximum Gasteiger partial charge on any atom is 0.119 e. The van der Waals surface area contributed by atoms with E-state index in [9.17, 15) is 0 Å². The Labute approximate surface area is 238 Å². The van der Waals surface area contributed by atoms with Crippen LogP contribution in [0.15, 0.2) is 60.7 Å². The lowest BCUT2D eigenvalue weighted by atomic mass is 9.86. The van der Waals surface area contributed by atoms with Crippen molar-refractivity contribution in [3.8, 4) is 5.75 Å². The van der Waals surface area contributed by atoms with Gasteiger partial charge in [0.25, 0.3) is 0 Å². The van der Waals surface area contributed by atoms with E-state index in [0.717, 1.165) is 56.6 Å². The third-order valence-corrected chi connectivity index (χ3v) is 8.83. The zero-order valence-electron chi connectivity index (χ0n) is 23.8. The van der Waals surface area contributed by atoms with E-state index in [2.05, 4.69) is 88.7 Å². The lowest BCUT2D eigenvalue weighted by molar-refractivity contribution is 0.200. The van der Waals surface area contributed by atoms with Crippen LogP contribution in [0.5, 0.6) is 5.75 Å². The van der Waals surface area contributed by atoms with Gasteiger partial charge in [0.2, 0.25) is 0 Å². The molecule has 1 aliphatic carbocycles. The van der Waals surface area contributed by atoms with Crippen LogP contribution in [0, 0.1) is 6.92 Å². The van der Waals surface area contributed by atoms with Crippen molar-refractivity contribution in [3.05, 3.63) is 94.0 Å². The minimum atomic E-state index is 0.283. The molecule has 0 spiro atoms. The summed E-state index contributed by atoms with van der Waals surface area (Å²) in [5.41, 5.74) is 18.1. The minimum absolute atomic E-state index is 0.283. The second kappa shape index (κ2) is 13.2. The molecule has 0 bridgehead atoms. The van der Waals surface area contributed by atoms with E-state index in [1.807, 2.05) is 0 Å². The number of nitrogen functional groups attached to an aromatic ring is 1. The van der Waals surface area contributed by atoms with Crippen molar-refractivity contribution >= 4 is 26.1 Å². The standard InChI is InChI=1S/C35H45N2OP/c1-3-4-7-27-22-29(11-10-25(27)2)33-9-5-8-28-23-30(36)14-17-34(28)35(33)26-12-15-31(16-13-26)38-32-18-20-37(24-32)19-6-21-39/h10-17,22-23,32H,3-9,18-21,24,36,39H2,1-2H3. The zero-order chi connectivity index (χ0) is 27.2.